The fourth-order valence-corrected chi connectivity index (χ4v) is 1.74. The maximum Gasteiger partial charge on any atom is 0.507 e. The highest BCUT2D eigenvalue weighted by atomic mass is 19.3. The Labute approximate surface area is 142 Å². The SMILES string of the molecule is CCC(O)=C(N=Nc1cc2c(cc1F)OC(F)(F)C(F)(F)O2)C(=O)OC. The Kier molecular flexibility index (Phi) is 5.05. The molecule has 142 valence electrons. The van der Waals surface area contributed by atoms with Crippen LogP contribution in [0.5, 0.6) is 11.5 Å². The van der Waals surface area contributed by atoms with Crippen molar-refractivity contribution in [1.29, 1.82) is 0 Å². The van der Waals surface area contributed by atoms with Crippen LogP contribution in [0.1, 0.15) is 13.3 Å². The first-order chi connectivity index (χ1) is 12.0. The zero-order valence-corrected chi connectivity index (χ0v) is 13.2. The molecule has 0 atom stereocenters. The average molecular weight is 382 g/mol. The molecule has 1 heterocycles. The fraction of sp³-hybridized carbons (Fsp3) is 0.357. The number of hydrogen-bond acceptors (Lipinski definition) is 7. The van der Waals surface area contributed by atoms with Gasteiger partial charge in [-0.15, -0.1) is 10.2 Å². The van der Waals surface area contributed by atoms with Crippen LogP contribution in [0.25, 0.3) is 0 Å². The van der Waals surface area contributed by atoms with Crippen LogP contribution < -0.4 is 9.47 Å². The molecule has 7 nitrogen and oxygen atoms in total. The number of aliphatic hydroxyl groups is 1. The van der Waals surface area contributed by atoms with Gasteiger partial charge in [-0.1, -0.05) is 6.92 Å². The molecule has 12 heteroatoms. The molecular weight excluding hydrogens is 371 g/mol. The van der Waals surface area contributed by atoms with Crippen LogP contribution in [-0.4, -0.2) is 30.4 Å². The van der Waals surface area contributed by atoms with E-state index in [4.69, 9.17) is 0 Å². The van der Waals surface area contributed by atoms with E-state index < -0.39 is 52.6 Å². The summed E-state index contributed by atoms with van der Waals surface area (Å²) in [6.07, 6.45) is -10.0. The summed E-state index contributed by atoms with van der Waals surface area (Å²) in [7, 11) is 0.994. The van der Waals surface area contributed by atoms with Gasteiger partial charge in [-0.25, -0.2) is 9.18 Å². The molecule has 0 amide bonds. The van der Waals surface area contributed by atoms with Crippen molar-refractivity contribution in [3.63, 3.8) is 0 Å². The van der Waals surface area contributed by atoms with Gasteiger partial charge < -0.3 is 19.3 Å². The third kappa shape index (κ3) is 3.53. The number of allylic oxidation sites excluding steroid dienone is 1. The first kappa shape index (κ1) is 19.4. The van der Waals surface area contributed by atoms with Gasteiger partial charge >= 0.3 is 18.2 Å². The number of carbonyl (C=O) groups excluding carboxylic acids is 1. The summed E-state index contributed by atoms with van der Waals surface area (Å²) in [6.45, 7) is 1.47. The monoisotopic (exact) mass is 382 g/mol. The number of carbonyl (C=O) groups is 1. The third-order valence-corrected chi connectivity index (χ3v) is 3.07. The Balaban J connectivity index is 2.43. The number of azo groups is 1. The lowest BCUT2D eigenvalue weighted by Crippen LogP contribution is -2.52. The number of fused-ring (bicyclic) bond motifs is 1. The highest BCUT2D eigenvalue weighted by Gasteiger charge is 2.66. The molecule has 0 spiro atoms. The lowest BCUT2D eigenvalue weighted by molar-refractivity contribution is -0.391. The number of halogens is 5. The number of ether oxygens (including phenoxy) is 3. The van der Waals surface area contributed by atoms with Crippen LogP contribution in [0.2, 0.25) is 0 Å². The Morgan fingerprint density at radius 1 is 1.19 bits per heavy atom. The number of aliphatic hydroxyl groups excluding tert-OH is 1. The predicted octanol–water partition coefficient (Wildman–Crippen LogP) is 4.22. The maximum atomic E-state index is 13.9. The average Bonchev–Trinajstić information content (AvgIpc) is 2.56. The molecule has 1 aliphatic rings. The Hall–Kier alpha value is -2.92. The van der Waals surface area contributed by atoms with E-state index in [0.29, 0.717) is 12.1 Å². The second kappa shape index (κ2) is 6.77. The number of rotatable bonds is 4. The van der Waals surface area contributed by atoms with Crippen LogP contribution in [0.4, 0.5) is 27.6 Å². The molecule has 1 aliphatic heterocycles. The minimum atomic E-state index is -5.00. The lowest BCUT2D eigenvalue weighted by Gasteiger charge is -2.31. The molecule has 26 heavy (non-hydrogen) atoms. The van der Waals surface area contributed by atoms with E-state index in [9.17, 15) is 31.9 Å². The van der Waals surface area contributed by atoms with Gasteiger partial charge in [0.1, 0.15) is 11.4 Å². The summed E-state index contributed by atoms with van der Waals surface area (Å²) >= 11 is 0. The standard InChI is InChI=1S/C14H11F5N2O5/c1-3-8(22)11(12(23)24-2)21-20-7-5-10-9(4-6(7)15)25-13(16,17)14(18,19)26-10/h4-5,22H,3H2,1-2H3. The van der Waals surface area contributed by atoms with Crippen molar-refractivity contribution in [3.05, 3.63) is 29.4 Å². The van der Waals surface area contributed by atoms with Crippen LogP contribution in [-0.2, 0) is 9.53 Å². The van der Waals surface area contributed by atoms with Crippen molar-refractivity contribution >= 4 is 11.7 Å². The van der Waals surface area contributed by atoms with Crippen molar-refractivity contribution in [2.24, 2.45) is 10.2 Å². The molecule has 0 saturated heterocycles. The zero-order chi connectivity index (χ0) is 19.7. The molecule has 0 unspecified atom stereocenters. The van der Waals surface area contributed by atoms with Gasteiger partial charge in [-0.2, -0.15) is 17.6 Å². The first-order valence-electron chi connectivity index (χ1n) is 6.91. The zero-order valence-electron chi connectivity index (χ0n) is 13.2. The van der Waals surface area contributed by atoms with Crippen molar-refractivity contribution in [1.82, 2.24) is 0 Å². The summed E-state index contributed by atoms with van der Waals surface area (Å²) in [5, 5.41) is 16.2. The van der Waals surface area contributed by atoms with Gasteiger partial charge in [0.2, 0.25) is 5.70 Å². The molecule has 0 bridgehead atoms. The van der Waals surface area contributed by atoms with Gasteiger partial charge in [0.25, 0.3) is 0 Å². The lowest BCUT2D eigenvalue weighted by atomic mass is 10.2. The van der Waals surface area contributed by atoms with Gasteiger partial charge in [0.05, 0.1) is 7.11 Å². The number of esters is 1. The van der Waals surface area contributed by atoms with Gasteiger partial charge in [0.15, 0.2) is 17.3 Å². The van der Waals surface area contributed by atoms with E-state index in [1.165, 1.54) is 6.92 Å². The Bertz CT molecular complexity index is 794. The van der Waals surface area contributed by atoms with Gasteiger partial charge in [0, 0.05) is 18.6 Å². The van der Waals surface area contributed by atoms with Crippen LogP contribution in [0.3, 0.4) is 0 Å². The quantitative estimate of drug-likeness (QED) is 0.277. The van der Waals surface area contributed by atoms with Crippen LogP contribution in [0.15, 0.2) is 33.8 Å². The van der Waals surface area contributed by atoms with Crippen LogP contribution in [0, 0.1) is 5.82 Å². The second-order valence-electron chi connectivity index (χ2n) is 4.83. The number of hydrogen-bond donors (Lipinski definition) is 1. The Morgan fingerprint density at radius 2 is 1.73 bits per heavy atom. The highest BCUT2D eigenvalue weighted by molar-refractivity contribution is 5.88. The molecule has 0 fully saturated rings. The molecule has 0 saturated carbocycles. The number of benzene rings is 1. The van der Waals surface area contributed by atoms with E-state index in [2.05, 4.69) is 24.4 Å². The minimum Gasteiger partial charge on any atom is -0.510 e. The van der Waals surface area contributed by atoms with E-state index in [1.54, 1.807) is 0 Å². The molecule has 0 radical (unpaired) electrons. The molecule has 1 aromatic carbocycles. The van der Waals surface area contributed by atoms with Crippen LogP contribution >= 0.6 is 0 Å². The smallest absolute Gasteiger partial charge is 0.507 e. The first-order valence-corrected chi connectivity index (χ1v) is 6.91. The summed E-state index contributed by atoms with van der Waals surface area (Å²) in [6, 6.07) is 0.864. The van der Waals surface area contributed by atoms with Crippen molar-refractivity contribution in [2.75, 3.05) is 7.11 Å². The summed E-state index contributed by atoms with van der Waals surface area (Å²) in [5.74, 6) is -4.78. The molecule has 1 aromatic rings. The normalized spacial score (nSPS) is 18.4. The minimum absolute atomic E-state index is 0.0334. The third-order valence-electron chi connectivity index (χ3n) is 3.07. The summed E-state index contributed by atoms with van der Waals surface area (Å²) in [4.78, 5) is 11.5. The maximum absolute atomic E-state index is 13.9. The molecule has 1 N–H and O–H groups in total. The van der Waals surface area contributed by atoms with Crippen molar-refractivity contribution in [3.8, 4) is 11.5 Å². The number of nitrogens with zero attached hydrogens (tertiary/aromatic N) is 2. The van der Waals surface area contributed by atoms with E-state index >= 15 is 0 Å². The number of alkyl halides is 4. The molecule has 0 aromatic heterocycles. The number of methoxy groups -OCH3 is 1. The van der Waals surface area contributed by atoms with Gasteiger partial charge in [-0.3, -0.25) is 0 Å². The van der Waals surface area contributed by atoms with E-state index in [1.807, 2.05) is 0 Å². The molecular formula is C14H11F5N2O5. The summed E-state index contributed by atoms with van der Waals surface area (Å²) in [5.41, 5.74) is -1.39. The summed E-state index contributed by atoms with van der Waals surface area (Å²) < 4.78 is 78.3. The molecule has 2 rings (SSSR count). The van der Waals surface area contributed by atoms with Crippen molar-refractivity contribution in [2.45, 2.75) is 25.6 Å². The topological polar surface area (TPSA) is 89.7 Å². The predicted molar refractivity (Wildman–Crippen MR) is 74.0 cm³/mol. The fourth-order valence-electron chi connectivity index (χ4n) is 1.74. The van der Waals surface area contributed by atoms with Crippen molar-refractivity contribution < 1.29 is 46.1 Å². The second-order valence-corrected chi connectivity index (χ2v) is 4.83. The van der Waals surface area contributed by atoms with Gasteiger partial charge in [-0.05, 0) is 0 Å². The molecule has 0 aliphatic carbocycles. The Morgan fingerprint density at radius 3 is 2.23 bits per heavy atom. The van der Waals surface area contributed by atoms with E-state index in [0.717, 1.165) is 7.11 Å². The largest absolute Gasteiger partial charge is 0.510 e. The van der Waals surface area contributed by atoms with E-state index in [-0.39, 0.29) is 6.42 Å². The highest BCUT2D eigenvalue weighted by Crippen LogP contribution is 2.48.